The van der Waals surface area contributed by atoms with Crippen molar-refractivity contribution in [3.05, 3.63) is 30.6 Å². The molecule has 1 heterocycles. The summed E-state index contributed by atoms with van der Waals surface area (Å²) in [6.45, 7) is 5.23. The first-order valence-electron chi connectivity index (χ1n) is 6.95. The van der Waals surface area contributed by atoms with Gasteiger partial charge in [-0.3, -0.25) is 0 Å². The Morgan fingerprint density at radius 3 is 2.72 bits per heavy atom. The molecule has 0 saturated heterocycles. The highest BCUT2D eigenvalue weighted by Crippen LogP contribution is 2.19. The Balaban J connectivity index is 2.27. The molecule has 0 amide bonds. The van der Waals surface area contributed by atoms with Crippen molar-refractivity contribution >= 4 is 11.0 Å². The smallest absolute Gasteiger partial charge is 0.246 e. The zero-order chi connectivity index (χ0) is 13.0. The first kappa shape index (κ1) is 13.1. The minimum absolute atomic E-state index is 0.408. The minimum Gasteiger partial charge on any atom is -0.355 e. The van der Waals surface area contributed by atoms with Crippen LogP contribution in [0, 0.1) is 0 Å². The van der Waals surface area contributed by atoms with Gasteiger partial charge in [-0.2, -0.15) is 0 Å². The molecule has 2 aromatic rings. The fraction of sp³-hybridized carbons (Fsp3) is 0.533. The molecule has 1 unspecified atom stereocenters. The van der Waals surface area contributed by atoms with Gasteiger partial charge < -0.3 is 5.11 Å². The molecule has 0 fully saturated rings. The van der Waals surface area contributed by atoms with Crippen LogP contribution in [0.4, 0.5) is 0 Å². The van der Waals surface area contributed by atoms with Crippen molar-refractivity contribution in [1.29, 1.82) is 0 Å². The second-order valence-corrected chi connectivity index (χ2v) is 4.77. The number of rotatable bonds is 6. The number of aryl methyl sites for hydroxylation is 1. The van der Waals surface area contributed by atoms with E-state index >= 15 is 0 Å². The van der Waals surface area contributed by atoms with E-state index in [2.05, 4.69) is 30.5 Å². The van der Waals surface area contributed by atoms with Crippen LogP contribution >= 0.6 is 0 Å². The quantitative estimate of drug-likeness (QED) is 0.617. The normalized spacial score (nSPS) is 13.1. The standard InChI is InChI=1S/C15H23N2O/c1-3-5-6-11-15(18)17-12-16(4-2)13-9-7-8-10-14(13)17/h7-10,12,15,18H,3-6,11H2,1-2H3/q+1. The molecule has 0 aliphatic heterocycles. The number of unbranched alkanes of at least 4 members (excludes halogenated alkanes) is 2. The number of fused-ring (bicyclic) bond motifs is 1. The van der Waals surface area contributed by atoms with Gasteiger partial charge in [-0.25, -0.2) is 9.13 Å². The van der Waals surface area contributed by atoms with Crippen molar-refractivity contribution in [3.63, 3.8) is 0 Å². The molecular weight excluding hydrogens is 224 g/mol. The Bertz CT molecular complexity index is 504. The summed E-state index contributed by atoms with van der Waals surface area (Å²) in [7, 11) is 0. The van der Waals surface area contributed by atoms with Crippen LogP contribution in [-0.4, -0.2) is 9.67 Å². The average molecular weight is 247 g/mol. The Labute approximate surface area is 109 Å². The lowest BCUT2D eigenvalue weighted by Crippen LogP contribution is -2.30. The minimum atomic E-state index is -0.408. The lowest BCUT2D eigenvalue weighted by Gasteiger charge is -2.06. The predicted octanol–water partition coefficient (Wildman–Crippen LogP) is 3.02. The second kappa shape index (κ2) is 6.01. The first-order valence-corrected chi connectivity index (χ1v) is 6.95. The summed E-state index contributed by atoms with van der Waals surface area (Å²) in [6.07, 6.45) is 5.90. The molecule has 1 aromatic carbocycles. The van der Waals surface area contributed by atoms with Crippen molar-refractivity contribution in [2.45, 2.75) is 52.3 Å². The van der Waals surface area contributed by atoms with Gasteiger partial charge in [0.2, 0.25) is 6.33 Å². The van der Waals surface area contributed by atoms with Gasteiger partial charge in [-0.05, 0) is 25.5 Å². The van der Waals surface area contributed by atoms with E-state index in [1.165, 1.54) is 18.4 Å². The molecule has 0 aliphatic rings. The van der Waals surface area contributed by atoms with Gasteiger partial charge >= 0.3 is 0 Å². The first-order chi connectivity index (χ1) is 8.77. The van der Waals surface area contributed by atoms with Gasteiger partial charge in [0, 0.05) is 6.42 Å². The van der Waals surface area contributed by atoms with Crippen molar-refractivity contribution in [3.8, 4) is 0 Å². The van der Waals surface area contributed by atoms with Crippen molar-refractivity contribution in [2.75, 3.05) is 0 Å². The third kappa shape index (κ3) is 2.56. The highest BCUT2D eigenvalue weighted by molar-refractivity contribution is 5.71. The third-order valence-electron chi connectivity index (χ3n) is 3.46. The van der Waals surface area contributed by atoms with Crippen molar-refractivity contribution in [2.24, 2.45) is 0 Å². The monoisotopic (exact) mass is 247 g/mol. The molecule has 0 saturated carbocycles. The summed E-state index contributed by atoms with van der Waals surface area (Å²) >= 11 is 0. The number of hydrogen-bond donors (Lipinski definition) is 1. The Morgan fingerprint density at radius 1 is 1.22 bits per heavy atom. The van der Waals surface area contributed by atoms with Gasteiger partial charge in [-0.15, -0.1) is 0 Å². The molecular formula is C15H23N2O+. The van der Waals surface area contributed by atoms with Gasteiger partial charge in [-0.1, -0.05) is 31.9 Å². The Morgan fingerprint density at radius 2 is 2.00 bits per heavy atom. The largest absolute Gasteiger partial charge is 0.355 e. The highest BCUT2D eigenvalue weighted by Gasteiger charge is 2.19. The number of para-hydroxylation sites is 2. The van der Waals surface area contributed by atoms with E-state index in [-0.39, 0.29) is 0 Å². The van der Waals surface area contributed by atoms with Crippen LogP contribution in [0.2, 0.25) is 0 Å². The van der Waals surface area contributed by atoms with Crippen molar-refractivity contribution in [1.82, 2.24) is 4.57 Å². The number of hydrogen-bond acceptors (Lipinski definition) is 1. The number of imidazole rings is 1. The van der Waals surface area contributed by atoms with Crippen LogP contribution in [-0.2, 0) is 6.54 Å². The fourth-order valence-corrected chi connectivity index (χ4v) is 2.41. The molecule has 0 bridgehead atoms. The molecule has 3 heteroatoms. The van der Waals surface area contributed by atoms with E-state index in [0.29, 0.717) is 0 Å². The summed E-state index contributed by atoms with van der Waals surface area (Å²) in [5.74, 6) is 0. The van der Waals surface area contributed by atoms with Gasteiger partial charge in [0.25, 0.3) is 0 Å². The number of nitrogens with zero attached hydrogens (tertiary/aromatic N) is 2. The number of aromatic nitrogens is 2. The zero-order valence-electron chi connectivity index (χ0n) is 11.3. The van der Waals surface area contributed by atoms with E-state index in [1.807, 2.05) is 23.0 Å². The summed E-state index contributed by atoms with van der Waals surface area (Å²) in [6, 6.07) is 8.25. The van der Waals surface area contributed by atoms with Gasteiger partial charge in [0.1, 0.15) is 0 Å². The topological polar surface area (TPSA) is 29.0 Å². The molecule has 98 valence electrons. The predicted molar refractivity (Wildman–Crippen MR) is 73.2 cm³/mol. The molecule has 0 aliphatic carbocycles. The summed E-state index contributed by atoms with van der Waals surface area (Å²) in [5, 5.41) is 10.3. The van der Waals surface area contributed by atoms with Crippen molar-refractivity contribution < 1.29 is 9.67 Å². The zero-order valence-corrected chi connectivity index (χ0v) is 11.3. The lowest BCUT2D eigenvalue weighted by molar-refractivity contribution is -0.669. The molecule has 2 rings (SSSR count). The van der Waals surface area contributed by atoms with Crippen LogP contribution in [0.1, 0.15) is 45.8 Å². The van der Waals surface area contributed by atoms with Crippen LogP contribution in [0.5, 0.6) is 0 Å². The number of aliphatic hydroxyl groups excluding tert-OH is 1. The molecule has 3 nitrogen and oxygen atoms in total. The maximum absolute atomic E-state index is 10.3. The van der Waals surface area contributed by atoms with Crippen LogP contribution in [0.25, 0.3) is 11.0 Å². The summed E-state index contributed by atoms with van der Waals surface area (Å²) < 4.78 is 4.17. The van der Waals surface area contributed by atoms with E-state index in [1.54, 1.807) is 0 Å². The van der Waals surface area contributed by atoms with Crippen LogP contribution in [0.3, 0.4) is 0 Å². The van der Waals surface area contributed by atoms with Crippen LogP contribution < -0.4 is 4.57 Å². The van der Waals surface area contributed by atoms with Crippen LogP contribution in [0.15, 0.2) is 30.6 Å². The van der Waals surface area contributed by atoms with E-state index < -0.39 is 6.23 Å². The molecule has 1 atom stereocenters. The van der Waals surface area contributed by atoms with Gasteiger partial charge in [0.15, 0.2) is 17.3 Å². The van der Waals surface area contributed by atoms with E-state index in [4.69, 9.17) is 0 Å². The molecule has 0 spiro atoms. The lowest BCUT2D eigenvalue weighted by atomic mass is 10.2. The second-order valence-electron chi connectivity index (χ2n) is 4.77. The number of aliphatic hydroxyl groups is 1. The summed E-state index contributed by atoms with van der Waals surface area (Å²) in [4.78, 5) is 0. The third-order valence-corrected chi connectivity index (χ3v) is 3.46. The maximum atomic E-state index is 10.3. The molecule has 18 heavy (non-hydrogen) atoms. The Kier molecular flexibility index (Phi) is 4.37. The van der Waals surface area contributed by atoms with Gasteiger partial charge in [0.05, 0.1) is 6.54 Å². The highest BCUT2D eigenvalue weighted by atomic mass is 16.3. The molecule has 1 N–H and O–H groups in total. The SMILES string of the molecule is CCCCCC(O)n1c[n+](CC)c2ccccc21. The summed E-state index contributed by atoms with van der Waals surface area (Å²) in [5.41, 5.74) is 2.30. The molecule has 0 radical (unpaired) electrons. The fourth-order valence-electron chi connectivity index (χ4n) is 2.41. The maximum Gasteiger partial charge on any atom is 0.246 e. The average Bonchev–Trinajstić information content (AvgIpc) is 2.78. The van der Waals surface area contributed by atoms with E-state index in [9.17, 15) is 5.11 Å². The number of benzene rings is 1. The molecule has 1 aromatic heterocycles. The van der Waals surface area contributed by atoms with E-state index in [0.717, 1.165) is 24.9 Å². The Hall–Kier alpha value is -1.35.